The molecule has 10 heteroatoms. The van der Waals surface area contributed by atoms with Gasteiger partial charge in [0.15, 0.2) is 5.84 Å². The highest BCUT2D eigenvalue weighted by Gasteiger charge is 2.32. The first-order chi connectivity index (χ1) is 13.6. The summed E-state index contributed by atoms with van der Waals surface area (Å²) in [4.78, 5) is 31.4. The number of cyclic esters (lactones) is 1. The minimum absolute atomic E-state index is 0.229. The third-order valence-corrected chi connectivity index (χ3v) is 5.49. The van der Waals surface area contributed by atoms with Crippen LogP contribution in [0.2, 0.25) is 4.34 Å². The number of nitrogens with one attached hydrogen (secondary N) is 2. The summed E-state index contributed by atoms with van der Waals surface area (Å²) in [5, 5.41) is 9.90. The fourth-order valence-electron chi connectivity index (χ4n) is 2.88. The van der Waals surface area contributed by atoms with Gasteiger partial charge in [0.2, 0.25) is 0 Å². The van der Waals surface area contributed by atoms with E-state index in [9.17, 15) is 9.59 Å². The highest BCUT2D eigenvalue weighted by Crippen LogP contribution is 2.23. The molecule has 1 saturated heterocycles. The number of amides is 2. The van der Waals surface area contributed by atoms with Crippen molar-refractivity contribution < 1.29 is 19.2 Å². The maximum Gasteiger partial charge on any atom is 0.414 e. The minimum Gasteiger partial charge on any atom is -0.442 e. The molecule has 0 radical (unpaired) electrons. The van der Waals surface area contributed by atoms with Gasteiger partial charge in [-0.15, -0.1) is 11.3 Å². The highest BCUT2D eigenvalue weighted by molar-refractivity contribution is 7.17. The lowest BCUT2D eigenvalue weighted by atomic mass is 10.1. The van der Waals surface area contributed by atoms with Crippen LogP contribution < -0.4 is 15.5 Å². The lowest BCUT2D eigenvalue weighted by Gasteiger charge is -2.16. The number of halogens is 1. The number of thiophene rings is 1. The molecule has 2 aliphatic rings. The van der Waals surface area contributed by atoms with Crippen LogP contribution in [0.1, 0.15) is 15.2 Å². The molecule has 146 valence electrons. The fraction of sp³-hybridized carbons (Fsp3) is 0.278. The number of hydrogen-bond donors (Lipinski definition) is 2. The molecule has 1 aromatic heterocycles. The molecule has 0 spiro atoms. The lowest BCUT2D eigenvalue weighted by molar-refractivity contribution is 0.0920. The van der Waals surface area contributed by atoms with Crippen LogP contribution in [0.5, 0.6) is 0 Å². The van der Waals surface area contributed by atoms with Gasteiger partial charge in [-0.25, -0.2) is 4.79 Å². The second-order valence-electron chi connectivity index (χ2n) is 6.18. The summed E-state index contributed by atoms with van der Waals surface area (Å²) >= 11 is 7.04. The van der Waals surface area contributed by atoms with Crippen LogP contribution in [0.15, 0.2) is 41.6 Å². The number of carbonyl (C=O) groups excluding carboxylic acids is 2. The van der Waals surface area contributed by atoms with Crippen molar-refractivity contribution in [3.05, 3.63) is 51.2 Å². The van der Waals surface area contributed by atoms with Crippen molar-refractivity contribution in [1.82, 2.24) is 10.6 Å². The third-order valence-electron chi connectivity index (χ3n) is 4.26. The van der Waals surface area contributed by atoms with E-state index in [1.807, 2.05) is 24.3 Å². The number of rotatable bonds is 5. The molecular weight excluding hydrogens is 404 g/mol. The molecule has 3 heterocycles. The Bertz CT molecular complexity index is 915. The number of benzene rings is 1. The van der Waals surface area contributed by atoms with Crippen molar-refractivity contribution in [3.8, 4) is 0 Å². The molecule has 8 nitrogen and oxygen atoms in total. The Morgan fingerprint density at radius 1 is 1.32 bits per heavy atom. The second-order valence-corrected chi connectivity index (χ2v) is 7.89. The van der Waals surface area contributed by atoms with E-state index in [2.05, 4.69) is 15.8 Å². The van der Waals surface area contributed by atoms with E-state index in [1.54, 1.807) is 12.1 Å². The summed E-state index contributed by atoms with van der Waals surface area (Å²) < 4.78 is 5.91. The van der Waals surface area contributed by atoms with E-state index >= 15 is 0 Å². The van der Waals surface area contributed by atoms with E-state index in [0.29, 0.717) is 40.4 Å². The molecule has 1 unspecified atom stereocenters. The van der Waals surface area contributed by atoms with Gasteiger partial charge in [0, 0.05) is 11.3 Å². The van der Waals surface area contributed by atoms with Gasteiger partial charge in [-0.2, -0.15) is 0 Å². The minimum atomic E-state index is -0.442. The molecule has 2 amide bonds. The molecule has 2 N–H and O–H groups in total. The predicted molar refractivity (Wildman–Crippen MR) is 106 cm³/mol. The molecule has 0 bridgehead atoms. The first-order valence-corrected chi connectivity index (χ1v) is 9.85. The molecule has 1 aromatic carbocycles. The molecule has 0 saturated carbocycles. The SMILES string of the molecule is O=C(NCC1CN(c2ccc(C3=NOCCN3)cc2)C(=O)O1)c1ccc(Cl)s1. The molecule has 2 aliphatic heterocycles. The maximum absolute atomic E-state index is 12.2. The van der Waals surface area contributed by atoms with Gasteiger partial charge in [-0.05, 0) is 36.4 Å². The largest absolute Gasteiger partial charge is 0.442 e. The number of nitrogens with zero attached hydrogens (tertiary/aromatic N) is 2. The monoisotopic (exact) mass is 420 g/mol. The van der Waals surface area contributed by atoms with Crippen molar-refractivity contribution in [2.45, 2.75) is 6.10 Å². The number of hydrogen-bond acceptors (Lipinski definition) is 7. The average molecular weight is 421 g/mol. The van der Waals surface area contributed by atoms with Crippen LogP contribution in [-0.4, -0.2) is 50.2 Å². The summed E-state index contributed by atoms with van der Waals surface area (Å²) in [5.74, 6) is 0.426. The Morgan fingerprint density at radius 3 is 2.82 bits per heavy atom. The molecule has 2 aromatic rings. The first kappa shape index (κ1) is 18.6. The van der Waals surface area contributed by atoms with E-state index < -0.39 is 12.2 Å². The number of ether oxygens (including phenoxy) is 1. The van der Waals surface area contributed by atoms with E-state index in [4.69, 9.17) is 21.2 Å². The quantitative estimate of drug-likeness (QED) is 0.775. The zero-order chi connectivity index (χ0) is 19.5. The van der Waals surface area contributed by atoms with Crippen molar-refractivity contribution >= 4 is 46.5 Å². The Kier molecular flexibility index (Phi) is 5.36. The smallest absolute Gasteiger partial charge is 0.414 e. The van der Waals surface area contributed by atoms with Crippen molar-refractivity contribution in [2.24, 2.45) is 5.16 Å². The zero-order valence-electron chi connectivity index (χ0n) is 14.7. The molecule has 28 heavy (non-hydrogen) atoms. The summed E-state index contributed by atoms with van der Waals surface area (Å²) in [6, 6.07) is 10.7. The van der Waals surface area contributed by atoms with Gasteiger partial charge in [0.1, 0.15) is 12.7 Å². The molecule has 4 rings (SSSR count). The summed E-state index contributed by atoms with van der Waals surface area (Å²) in [6.45, 7) is 1.82. The van der Waals surface area contributed by atoms with Crippen molar-refractivity contribution in [3.63, 3.8) is 0 Å². The fourth-order valence-corrected chi connectivity index (χ4v) is 3.84. The summed E-state index contributed by atoms with van der Waals surface area (Å²) in [7, 11) is 0. The number of anilines is 1. The van der Waals surface area contributed by atoms with Crippen LogP contribution >= 0.6 is 22.9 Å². The molecule has 0 aliphatic carbocycles. The maximum atomic E-state index is 12.2. The van der Waals surface area contributed by atoms with Gasteiger partial charge >= 0.3 is 6.09 Å². The van der Waals surface area contributed by atoms with E-state index in [-0.39, 0.29) is 12.5 Å². The van der Waals surface area contributed by atoms with E-state index in [0.717, 1.165) is 5.56 Å². The van der Waals surface area contributed by atoms with Crippen LogP contribution in [0, 0.1) is 0 Å². The van der Waals surface area contributed by atoms with Crippen LogP contribution in [-0.2, 0) is 9.57 Å². The predicted octanol–water partition coefficient (Wildman–Crippen LogP) is 2.44. The summed E-state index contributed by atoms with van der Waals surface area (Å²) in [6.07, 6.45) is -0.869. The zero-order valence-corrected chi connectivity index (χ0v) is 16.3. The van der Waals surface area contributed by atoms with Gasteiger partial charge in [0.25, 0.3) is 5.91 Å². The van der Waals surface area contributed by atoms with Gasteiger partial charge in [0.05, 0.1) is 28.8 Å². The summed E-state index contributed by atoms with van der Waals surface area (Å²) in [5.41, 5.74) is 1.58. The Labute approximate surface area is 170 Å². The molecule has 1 fully saturated rings. The lowest BCUT2D eigenvalue weighted by Crippen LogP contribution is -2.34. The van der Waals surface area contributed by atoms with Gasteiger partial charge < -0.3 is 20.2 Å². The standard InChI is InChI=1S/C18H17ClN4O4S/c19-15-6-5-14(28-15)17(24)21-9-13-10-23(18(25)27-13)12-3-1-11(2-4-12)16-20-7-8-26-22-16/h1-6,13H,7-10H2,(H,20,22)(H,21,24). The number of amidine groups is 1. The number of carbonyl (C=O) groups is 2. The van der Waals surface area contributed by atoms with Gasteiger partial charge in [-0.3, -0.25) is 9.69 Å². The van der Waals surface area contributed by atoms with E-state index in [1.165, 1.54) is 16.2 Å². The Morgan fingerprint density at radius 2 is 2.14 bits per heavy atom. The van der Waals surface area contributed by atoms with Crippen molar-refractivity contribution in [1.29, 1.82) is 0 Å². The highest BCUT2D eigenvalue weighted by atomic mass is 35.5. The topological polar surface area (TPSA) is 92.3 Å². The van der Waals surface area contributed by atoms with Gasteiger partial charge in [-0.1, -0.05) is 16.8 Å². The first-order valence-electron chi connectivity index (χ1n) is 8.66. The Hall–Kier alpha value is -2.78. The molecule has 1 atom stereocenters. The Balaban J connectivity index is 1.35. The molecular formula is C18H17ClN4O4S. The third kappa shape index (κ3) is 4.05. The average Bonchev–Trinajstić information content (AvgIpc) is 3.32. The van der Waals surface area contributed by atoms with Crippen LogP contribution in [0.3, 0.4) is 0 Å². The van der Waals surface area contributed by atoms with Crippen LogP contribution in [0.4, 0.5) is 10.5 Å². The normalized spacial score (nSPS) is 18.8. The van der Waals surface area contributed by atoms with Crippen LogP contribution in [0.25, 0.3) is 0 Å². The number of oxime groups is 1. The van der Waals surface area contributed by atoms with Crippen molar-refractivity contribution in [2.75, 3.05) is 31.1 Å². The second kappa shape index (κ2) is 8.07.